The lowest BCUT2D eigenvalue weighted by molar-refractivity contribution is -0.189. The summed E-state index contributed by atoms with van der Waals surface area (Å²) >= 11 is 0. The van der Waals surface area contributed by atoms with Crippen LogP contribution in [0.3, 0.4) is 0 Å². The highest BCUT2D eigenvalue weighted by Crippen LogP contribution is 2.67. The van der Waals surface area contributed by atoms with E-state index in [1.54, 1.807) is 13.0 Å². The van der Waals surface area contributed by atoms with Crippen molar-refractivity contribution in [2.24, 2.45) is 28.6 Å². The number of ketones is 3. The third-order valence-corrected chi connectivity index (χ3v) is 9.75. The first-order valence-electron chi connectivity index (χ1n) is 12.6. The Morgan fingerprint density at radius 3 is 2.47 bits per heavy atom. The van der Waals surface area contributed by atoms with Gasteiger partial charge < -0.3 is 4.74 Å². The molecule has 5 nitrogen and oxygen atoms in total. The Labute approximate surface area is 191 Å². The molecule has 3 saturated carbocycles. The summed E-state index contributed by atoms with van der Waals surface area (Å²) in [5.41, 5.74) is -1.04. The van der Waals surface area contributed by atoms with Gasteiger partial charge in [-0.15, -0.1) is 0 Å². The van der Waals surface area contributed by atoms with Crippen LogP contribution in [0.5, 0.6) is 0 Å². The van der Waals surface area contributed by atoms with Crippen molar-refractivity contribution in [1.29, 1.82) is 0 Å². The summed E-state index contributed by atoms with van der Waals surface area (Å²) in [6.45, 7) is 7.96. The summed E-state index contributed by atoms with van der Waals surface area (Å²) < 4.78 is 6.10. The quantitative estimate of drug-likeness (QED) is 0.420. The van der Waals surface area contributed by atoms with Crippen molar-refractivity contribution in [3.63, 3.8) is 0 Å². The van der Waals surface area contributed by atoms with Crippen LogP contribution >= 0.6 is 0 Å². The van der Waals surface area contributed by atoms with Crippen molar-refractivity contribution < 1.29 is 23.9 Å². The molecule has 0 aliphatic heterocycles. The lowest BCUT2D eigenvalue weighted by Crippen LogP contribution is -2.59. The van der Waals surface area contributed by atoms with E-state index in [1.807, 2.05) is 0 Å². The molecule has 0 aromatic heterocycles. The molecule has 0 spiro atoms. The lowest BCUT2D eigenvalue weighted by atomic mass is 9.46. The van der Waals surface area contributed by atoms with Crippen molar-refractivity contribution in [3.05, 3.63) is 11.6 Å². The number of hydrogen-bond acceptors (Lipinski definition) is 5. The molecule has 4 aliphatic carbocycles. The maximum absolute atomic E-state index is 13.2. The van der Waals surface area contributed by atoms with Crippen molar-refractivity contribution >= 4 is 23.3 Å². The molecule has 32 heavy (non-hydrogen) atoms. The fourth-order valence-corrected chi connectivity index (χ4v) is 7.97. The number of rotatable bonds is 6. The molecule has 0 aromatic carbocycles. The summed E-state index contributed by atoms with van der Waals surface area (Å²) in [4.78, 5) is 51.0. The van der Waals surface area contributed by atoms with Gasteiger partial charge in [0, 0.05) is 30.3 Å². The average molecular weight is 443 g/mol. The van der Waals surface area contributed by atoms with E-state index in [-0.39, 0.29) is 40.6 Å². The van der Waals surface area contributed by atoms with Gasteiger partial charge in [0.2, 0.25) is 0 Å². The van der Waals surface area contributed by atoms with Gasteiger partial charge >= 0.3 is 5.97 Å². The Hall–Kier alpha value is -1.78. The minimum Gasteiger partial charge on any atom is -0.450 e. The lowest BCUT2D eigenvalue weighted by Gasteiger charge is -2.58. The molecular formula is C27H38O5. The van der Waals surface area contributed by atoms with Crippen LogP contribution < -0.4 is 0 Å². The van der Waals surface area contributed by atoms with Crippen molar-refractivity contribution in [1.82, 2.24) is 0 Å². The number of unbranched alkanes of at least 4 members (excludes halogenated alkanes) is 2. The Bertz CT molecular complexity index is 871. The van der Waals surface area contributed by atoms with Crippen LogP contribution in [0.4, 0.5) is 0 Å². The SMILES string of the molecule is CCCCCC(=O)O[C@]1(C(C)=O)CC[C@H]2[C@@H]3CC(=O)C4=CC(=O)CC[C@]4(C)[C@H]3CC[C@@]21C. The summed E-state index contributed by atoms with van der Waals surface area (Å²) in [5.74, 6) is 0.535. The minimum absolute atomic E-state index is 0.0537. The van der Waals surface area contributed by atoms with Crippen molar-refractivity contribution in [2.75, 3.05) is 0 Å². The highest BCUT2D eigenvalue weighted by Gasteiger charge is 2.68. The molecule has 0 aromatic rings. The first kappa shape index (κ1) is 23.4. The Kier molecular flexibility index (Phi) is 6.00. The van der Waals surface area contributed by atoms with Crippen LogP contribution in [-0.2, 0) is 23.9 Å². The van der Waals surface area contributed by atoms with E-state index in [2.05, 4.69) is 20.8 Å². The second-order valence-electron chi connectivity index (χ2n) is 11.3. The smallest absolute Gasteiger partial charge is 0.306 e. The maximum atomic E-state index is 13.2. The maximum Gasteiger partial charge on any atom is 0.306 e. The largest absolute Gasteiger partial charge is 0.450 e. The summed E-state index contributed by atoms with van der Waals surface area (Å²) in [5, 5.41) is 0. The molecule has 0 bridgehead atoms. The molecule has 0 saturated heterocycles. The molecule has 4 rings (SSSR count). The van der Waals surface area contributed by atoms with Gasteiger partial charge in [-0.1, -0.05) is 33.6 Å². The molecule has 0 heterocycles. The Balaban J connectivity index is 1.63. The third kappa shape index (κ3) is 3.33. The zero-order valence-corrected chi connectivity index (χ0v) is 20.1. The van der Waals surface area contributed by atoms with Gasteiger partial charge in [-0.2, -0.15) is 0 Å². The summed E-state index contributed by atoms with van der Waals surface area (Å²) in [6.07, 6.45) is 9.51. The average Bonchev–Trinajstić information content (AvgIpc) is 3.03. The van der Waals surface area contributed by atoms with E-state index in [0.29, 0.717) is 31.6 Å². The number of carbonyl (C=O) groups excluding carboxylic acids is 4. The second-order valence-corrected chi connectivity index (χ2v) is 11.3. The van der Waals surface area contributed by atoms with Gasteiger partial charge in [0.05, 0.1) is 0 Å². The van der Waals surface area contributed by atoms with Crippen LogP contribution in [0.15, 0.2) is 11.6 Å². The van der Waals surface area contributed by atoms with E-state index < -0.39 is 11.0 Å². The fourth-order valence-electron chi connectivity index (χ4n) is 7.97. The first-order chi connectivity index (χ1) is 15.1. The summed E-state index contributed by atoms with van der Waals surface area (Å²) in [7, 11) is 0. The fraction of sp³-hybridized carbons (Fsp3) is 0.778. The van der Waals surface area contributed by atoms with E-state index in [1.165, 1.54) is 0 Å². The first-order valence-corrected chi connectivity index (χ1v) is 12.6. The van der Waals surface area contributed by atoms with Crippen LogP contribution in [0, 0.1) is 28.6 Å². The second kappa shape index (κ2) is 8.22. The number of carbonyl (C=O) groups is 4. The topological polar surface area (TPSA) is 77.5 Å². The standard InChI is InChI=1S/C27H38O5/c1-5-6-7-8-24(31)32-27(17(2)28)14-11-21-19-16-23(30)22-15-18(29)9-12-25(22,3)20(19)10-13-26(21,27)4/h15,19-21H,5-14,16H2,1-4H3/t19-,20+,21+,25-,26+,27+/m1/s1. The molecular weight excluding hydrogens is 404 g/mol. The normalized spacial score (nSPS) is 40.8. The van der Waals surface area contributed by atoms with E-state index in [9.17, 15) is 19.2 Å². The zero-order chi connectivity index (χ0) is 23.3. The molecule has 6 atom stereocenters. The van der Waals surface area contributed by atoms with Gasteiger partial charge in [-0.25, -0.2) is 0 Å². The van der Waals surface area contributed by atoms with Gasteiger partial charge in [0.1, 0.15) is 0 Å². The molecule has 176 valence electrons. The molecule has 3 fully saturated rings. The predicted molar refractivity (Wildman–Crippen MR) is 121 cm³/mol. The number of Topliss-reactive ketones (excluding diaryl/α,β-unsaturated/α-hetero) is 2. The Morgan fingerprint density at radius 1 is 1.06 bits per heavy atom. The monoisotopic (exact) mass is 442 g/mol. The van der Waals surface area contributed by atoms with Gasteiger partial charge in [-0.3, -0.25) is 19.2 Å². The number of ether oxygens (including phenoxy) is 1. The number of allylic oxidation sites excluding steroid dienone is 1. The molecule has 0 radical (unpaired) electrons. The van der Waals surface area contributed by atoms with E-state index in [0.717, 1.165) is 50.5 Å². The number of fused-ring (bicyclic) bond motifs is 5. The molecule has 5 heteroatoms. The molecule has 0 amide bonds. The van der Waals surface area contributed by atoms with Crippen molar-refractivity contribution in [2.45, 2.75) is 104 Å². The summed E-state index contributed by atoms with van der Waals surface area (Å²) in [6, 6.07) is 0. The van der Waals surface area contributed by atoms with Gasteiger partial charge in [0.15, 0.2) is 23.0 Å². The van der Waals surface area contributed by atoms with Crippen LogP contribution in [0.2, 0.25) is 0 Å². The van der Waals surface area contributed by atoms with Gasteiger partial charge in [-0.05, 0) is 74.7 Å². The zero-order valence-electron chi connectivity index (χ0n) is 20.1. The van der Waals surface area contributed by atoms with Crippen LogP contribution in [0.1, 0.15) is 98.3 Å². The van der Waals surface area contributed by atoms with Crippen LogP contribution in [0.25, 0.3) is 0 Å². The van der Waals surface area contributed by atoms with Crippen LogP contribution in [-0.4, -0.2) is 28.9 Å². The molecule has 0 N–H and O–H groups in total. The predicted octanol–water partition coefficient (Wildman–Crippen LogP) is 5.15. The van der Waals surface area contributed by atoms with E-state index in [4.69, 9.17) is 4.74 Å². The number of hydrogen-bond donors (Lipinski definition) is 0. The van der Waals surface area contributed by atoms with E-state index >= 15 is 0 Å². The third-order valence-electron chi connectivity index (χ3n) is 9.75. The highest BCUT2D eigenvalue weighted by molar-refractivity contribution is 6.05. The Morgan fingerprint density at radius 2 is 1.78 bits per heavy atom. The number of esters is 1. The van der Waals surface area contributed by atoms with Gasteiger partial charge in [0.25, 0.3) is 0 Å². The highest BCUT2D eigenvalue weighted by atomic mass is 16.6. The molecule has 4 aliphatic rings. The van der Waals surface area contributed by atoms with Crippen molar-refractivity contribution in [3.8, 4) is 0 Å². The minimum atomic E-state index is -1.07. The molecule has 0 unspecified atom stereocenters.